The van der Waals surface area contributed by atoms with E-state index in [9.17, 15) is 9.18 Å². The minimum Gasteiger partial charge on any atom is -0.338 e. The normalized spacial score (nSPS) is 20.8. The number of nitrogens with zero attached hydrogens (tertiary/aromatic N) is 1. The third kappa shape index (κ3) is 3.79. The van der Waals surface area contributed by atoms with Crippen LogP contribution < -0.4 is 5.73 Å². The summed E-state index contributed by atoms with van der Waals surface area (Å²) in [4.78, 5) is 14.3. The molecule has 1 aliphatic heterocycles. The lowest BCUT2D eigenvalue weighted by Crippen LogP contribution is -2.51. The van der Waals surface area contributed by atoms with Crippen LogP contribution in [0.5, 0.6) is 0 Å². The van der Waals surface area contributed by atoms with Gasteiger partial charge in [0.25, 0.3) is 0 Å². The molecule has 1 aromatic rings. The van der Waals surface area contributed by atoms with Gasteiger partial charge in [0.2, 0.25) is 5.91 Å². The molecule has 3 nitrogen and oxygen atoms in total. The van der Waals surface area contributed by atoms with Crippen LogP contribution in [-0.2, 0) is 11.2 Å². The number of halogens is 1. The third-order valence-corrected chi connectivity index (χ3v) is 4.02. The number of carbonyl (C=O) groups is 1. The number of amides is 1. The minimum absolute atomic E-state index is 0.0186. The van der Waals surface area contributed by atoms with Gasteiger partial charge >= 0.3 is 0 Å². The molecule has 1 aromatic carbocycles. The van der Waals surface area contributed by atoms with Crippen molar-refractivity contribution in [1.29, 1.82) is 0 Å². The van der Waals surface area contributed by atoms with Gasteiger partial charge in [0.1, 0.15) is 5.82 Å². The molecule has 0 radical (unpaired) electrons. The number of benzene rings is 1. The second-order valence-corrected chi connectivity index (χ2v) is 5.64. The molecule has 0 bridgehead atoms. The molecule has 1 fully saturated rings. The second kappa shape index (κ2) is 6.84. The Morgan fingerprint density at radius 1 is 1.40 bits per heavy atom. The van der Waals surface area contributed by atoms with Crippen LogP contribution in [0.3, 0.4) is 0 Å². The Morgan fingerprint density at radius 3 is 2.75 bits per heavy atom. The lowest BCUT2D eigenvalue weighted by molar-refractivity contribution is -0.135. The van der Waals surface area contributed by atoms with Crippen molar-refractivity contribution >= 4 is 5.91 Å². The summed E-state index contributed by atoms with van der Waals surface area (Å²) in [7, 11) is 0. The van der Waals surface area contributed by atoms with Gasteiger partial charge in [0, 0.05) is 25.0 Å². The highest BCUT2D eigenvalue weighted by Gasteiger charge is 2.28. The van der Waals surface area contributed by atoms with Crippen molar-refractivity contribution in [2.75, 3.05) is 6.54 Å². The minimum atomic E-state index is -0.242. The predicted molar refractivity (Wildman–Crippen MR) is 77.7 cm³/mol. The first-order valence-corrected chi connectivity index (χ1v) is 7.37. The zero-order valence-electron chi connectivity index (χ0n) is 12.0. The highest BCUT2D eigenvalue weighted by molar-refractivity contribution is 5.77. The first kappa shape index (κ1) is 15.0. The molecular formula is C16H23FN2O. The molecule has 2 unspecified atom stereocenters. The van der Waals surface area contributed by atoms with E-state index in [4.69, 9.17) is 5.73 Å². The van der Waals surface area contributed by atoms with Gasteiger partial charge in [-0.3, -0.25) is 4.79 Å². The van der Waals surface area contributed by atoms with Crippen LogP contribution >= 0.6 is 0 Å². The summed E-state index contributed by atoms with van der Waals surface area (Å²) in [6.45, 7) is 2.78. The summed E-state index contributed by atoms with van der Waals surface area (Å²) in [6, 6.07) is 6.54. The quantitative estimate of drug-likeness (QED) is 0.919. The van der Waals surface area contributed by atoms with Gasteiger partial charge < -0.3 is 10.6 Å². The van der Waals surface area contributed by atoms with Crippen molar-refractivity contribution in [3.05, 3.63) is 35.6 Å². The van der Waals surface area contributed by atoms with E-state index < -0.39 is 0 Å². The molecule has 2 N–H and O–H groups in total. The molecular weight excluding hydrogens is 255 g/mol. The van der Waals surface area contributed by atoms with Crippen molar-refractivity contribution < 1.29 is 9.18 Å². The lowest BCUT2D eigenvalue weighted by Gasteiger charge is -2.38. The van der Waals surface area contributed by atoms with E-state index in [-0.39, 0.29) is 23.8 Å². The van der Waals surface area contributed by atoms with Crippen molar-refractivity contribution in [3.63, 3.8) is 0 Å². The topological polar surface area (TPSA) is 46.3 Å². The molecule has 1 saturated heterocycles. The number of rotatable bonds is 4. The summed E-state index contributed by atoms with van der Waals surface area (Å²) >= 11 is 0. The molecule has 1 heterocycles. The number of carbonyl (C=O) groups excluding carboxylic acids is 1. The Bertz CT molecular complexity index is 444. The van der Waals surface area contributed by atoms with Gasteiger partial charge in [0.15, 0.2) is 0 Å². The molecule has 1 amide bonds. The Morgan fingerprint density at radius 2 is 2.10 bits per heavy atom. The summed E-state index contributed by atoms with van der Waals surface area (Å²) in [5, 5.41) is 0. The molecule has 4 heteroatoms. The number of hydrogen-bond donors (Lipinski definition) is 1. The maximum absolute atomic E-state index is 12.8. The molecule has 110 valence electrons. The van der Waals surface area contributed by atoms with Crippen LogP contribution in [0.15, 0.2) is 24.3 Å². The molecule has 2 rings (SSSR count). The number of aryl methyl sites for hydroxylation is 1. The maximum Gasteiger partial charge on any atom is 0.223 e. The first-order valence-electron chi connectivity index (χ1n) is 7.37. The van der Waals surface area contributed by atoms with E-state index >= 15 is 0 Å². The van der Waals surface area contributed by atoms with Gasteiger partial charge in [-0.05, 0) is 50.3 Å². The predicted octanol–water partition coefficient (Wildman–Crippen LogP) is 2.49. The van der Waals surface area contributed by atoms with Crippen LogP contribution in [0.2, 0.25) is 0 Å². The SMILES string of the molecule is CC(N)C1CCCCN1C(=O)CCc1ccc(F)cc1. The van der Waals surface area contributed by atoms with Crippen LogP contribution in [0, 0.1) is 5.82 Å². The van der Waals surface area contributed by atoms with E-state index in [1.54, 1.807) is 12.1 Å². The van der Waals surface area contributed by atoms with Crippen LogP contribution in [-0.4, -0.2) is 29.4 Å². The highest BCUT2D eigenvalue weighted by Crippen LogP contribution is 2.20. The van der Waals surface area contributed by atoms with Crippen molar-refractivity contribution in [2.24, 2.45) is 5.73 Å². The third-order valence-electron chi connectivity index (χ3n) is 4.02. The van der Waals surface area contributed by atoms with E-state index in [0.29, 0.717) is 12.8 Å². The van der Waals surface area contributed by atoms with E-state index in [2.05, 4.69) is 0 Å². The van der Waals surface area contributed by atoms with Crippen LogP contribution in [0.4, 0.5) is 4.39 Å². The van der Waals surface area contributed by atoms with Crippen molar-refractivity contribution in [2.45, 2.75) is 51.1 Å². The van der Waals surface area contributed by atoms with E-state index in [1.807, 2.05) is 11.8 Å². The molecule has 20 heavy (non-hydrogen) atoms. The highest BCUT2D eigenvalue weighted by atomic mass is 19.1. The zero-order valence-corrected chi connectivity index (χ0v) is 12.0. The summed E-state index contributed by atoms with van der Waals surface area (Å²) in [6.07, 6.45) is 4.33. The van der Waals surface area contributed by atoms with Gasteiger partial charge in [-0.2, -0.15) is 0 Å². The Hall–Kier alpha value is -1.42. The van der Waals surface area contributed by atoms with E-state index in [1.165, 1.54) is 12.1 Å². The number of likely N-dealkylation sites (tertiary alicyclic amines) is 1. The number of nitrogens with two attached hydrogens (primary N) is 1. The fraction of sp³-hybridized carbons (Fsp3) is 0.562. The molecule has 1 aliphatic rings. The second-order valence-electron chi connectivity index (χ2n) is 5.64. The zero-order chi connectivity index (χ0) is 14.5. The average Bonchev–Trinajstić information content (AvgIpc) is 2.46. The fourth-order valence-electron chi connectivity index (χ4n) is 2.86. The van der Waals surface area contributed by atoms with Crippen LogP contribution in [0.25, 0.3) is 0 Å². The fourth-order valence-corrected chi connectivity index (χ4v) is 2.86. The van der Waals surface area contributed by atoms with Gasteiger partial charge in [0.05, 0.1) is 0 Å². The molecule has 0 spiro atoms. The summed E-state index contributed by atoms with van der Waals surface area (Å²) in [5.41, 5.74) is 6.98. The van der Waals surface area contributed by atoms with E-state index in [0.717, 1.165) is 31.4 Å². The average molecular weight is 278 g/mol. The smallest absolute Gasteiger partial charge is 0.223 e. The molecule has 0 aliphatic carbocycles. The Balaban J connectivity index is 1.91. The summed E-state index contributed by atoms with van der Waals surface area (Å²) < 4.78 is 12.8. The Labute approximate surface area is 120 Å². The van der Waals surface area contributed by atoms with Crippen molar-refractivity contribution in [3.8, 4) is 0 Å². The van der Waals surface area contributed by atoms with Crippen molar-refractivity contribution in [1.82, 2.24) is 4.90 Å². The Kier molecular flexibility index (Phi) is 5.12. The first-order chi connectivity index (χ1) is 9.58. The van der Waals surface area contributed by atoms with Gasteiger partial charge in [-0.15, -0.1) is 0 Å². The maximum atomic E-state index is 12.8. The lowest BCUT2D eigenvalue weighted by atomic mass is 9.96. The van der Waals surface area contributed by atoms with Gasteiger partial charge in [-0.25, -0.2) is 4.39 Å². The largest absolute Gasteiger partial charge is 0.338 e. The van der Waals surface area contributed by atoms with Crippen LogP contribution in [0.1, 0.15) is 38.2 Å². The number of piperidine rings is 1. The standard InChI is InChI=1S/C16H23FN2O/c1-12(18)15-4-2-3-11-19(15)16(20)10-7-13-5-8-14(17)9-6-13/h5-6,8-9,12,15H,2-4,7,10-11,18H2,1H3. The molecule has 0 aromatic heterocycles. The van der Waals surface area contributed by atoms with Gasteiger partial charge in [-0.1, -0.05) is 12.1 Å². The molecule has 2 atom stereocenters. The summed E-state index contributed by atoms with van der Waals surface area (Å²) in [5.74, 6) is -0.0792. The molecule has 0 saturated carbocycles. The number of hydrogen-bond acceptors (Lipinski definition) is 2. The monoisotopic (exact) mass is 278 g/mol.